The highest BCUT2D eigenvalue weighted by atomic mass is 32.3. The first kappa shape index (κ1) is 25.5. The van der Waals surface area contributed by atoms with Crippen LogP contribution in [0, 0.1) is 0 Å². The van der Waals surface area contributed by atoms with E-state index in [4.69, 9.17) is 54.8 Å². The number of carbonyl (C=O) groups excluding carboxylic acids is 2. The zero-order valence-corrected chi connectivity index (χ0v) is 10.3. The molecule has 0 rings (SSSR count). The van der Waals surface area contributed by atoms with Gasteiger partial charge in [0.15, 0.2) is 0 Å². The molecule has 18 heavy (non-hydrogen) atoms. The van der Waals surface area contributed by atoms with E-state index in [-0.39, 0.29) is 0 Å². The van der Waals surface area contributed by atoms with Crippen molar-refractivity contribution in [1.29, 1.82) is 0 Å². The van der Waals surface area contributed by atoms with Crippen molar-refractivity contribution >= 4 is 32.7 Å². The number of hydrogen-bond acceptors (Lipinski definition) is 12. The summed E-state index contributed by atoms with van der Waals surface area (Å²) in [5.74, 6) is -2.17. The van der Waals surface area contributed by atoms with Gasteiger partial charge in [0.25, 0.3) is 0 Å². The molecule has 0 radical (unpaired) electrons. The first-order valence-electron chi connectivity index (χ1n) is 3.15. The van der Waals surface area contributed by atoms with Gasteiger partial charge in [-0.15, -0.1) is 0 Å². The van der Waals surface area contributed by atoms with Crippen LogP contribution in [-0.2, 0) is 30.4 Å². The average molecular weight is 310 g/mol. The Kier molecular flexibility index (Phi) is 17.2. The lowest BCUT2D eigenvalue weighted by atomic mass is 10.9. The van der Waals surface area contributed by atoms with E-state index < -0.39 is 32.7 Å². The molecule has 0 aromatic heterocycles. The quantitative estimate of drug-likeness (QED) is 0.301. The van der Waals surface area contributed by atoms with Crippen LogP contribution in [0.5, 0.6) is 0 Å². The van der Waals surface area contributed by atoms with Crippen LogP contribution < -0.4 is 10.2 Å². The SMILES string of the molecule is CC(=O)[O-].CC(=O)[O-].O=S(=O)([O-])[O-].O=S(=O)([O-])[O-]. The van der Waals surface area contributed by atoms with Gasteiger partial charge in [0.2, 0.25) is 0 Å². The van der Waals surface area contributed by atoms with Crippen molar-refractivity contribution in [2.24, 2.45) is 0 Å². The molecule has 0 fully saturated rings. The molecule has 0 N–H and O–H groups in total. The summed E-state index contributed by atoms with van der Waals surface area (Å²) in [6.45, 7) is 1.94. The third-order valence-electron chi connectivity index (χ3n) is 0. The van der Waals surface area contributed by atoms with E-state index in [0.717, 1.165) is 13.8 Å². The summed E-state index contributed by atoms with van der Waals surface area (Å²) in [6, 6.07) is 0. The molecule has 0 atom stereocenters. The maximum Gasteiger partial charge on any atom is 0.0383 e. The van der Waals surface area contributed by atoms with Crippen molar-refractivity contribution in [3.63, 3.8) is 0 Å². The lowest BCUT2D eigenvalue weighted by Gasteiger charge is -2.06. The monoisotopic (exact) mass is 310 g/mol. The van der Waals surface area contributed by atoms with Crippen molar-refractivity contribution in [3.05, 3.63) is 0 Å². The van der Waals surface area contributed by atoms with Crippen molar-refractivity contribution in [1.82, 2.24) is 0 Å². The molecule has 0 bridgehead atoms. The van der Waals surface area contributed by atoms with Gasteiger partial charge in [-0.2, -0.15) is 0 Å². The molecule has 0 aromatic carbocycles. The summed E-state index contributed by atoms with van der Waals surface area (Å²) in [5, 5.41) is 17.8. The summed E-state index contributed by atoms with van der Waals surface area (Å²) >= 11 is 0. The Balaban J connectivity index is -0.0000000731. The number of aliphatic carboxylic acids is 2. The molecule has 0 aliphatic carbocycles. The minimum atomic E-state index is -5.17. The normalized spacial score (nSPS) is 9.22. The van der Waals surface area contributed by atoms with Crippen LogP contribution in [0.2, 0.25) is 0 Å². The Morgan fingerprint density at radius 1 is 0.667 bits per heavy atom. The second kappa shape index (κ2) is 12.1. The molecule has 0 unspecified atom stereocenters. The Labute approximate surface area is 102 Å². The van der Waals surface area contributed by atoms with E-state index >= 15 is 0 Å². The van der Waals surface area contributed by atoms with Gasteiger partial charge < -0.3 is 38.0 Å². The number of hydrogen-bond donors (Lipinski definition) is 0. The summed E-state index contributed by atoms with van der Waals surface area (Å²) in [6.07, 6.45) is 0. The van der Waals surface area contributed by atoms with Gasteiger partial charge in [0, 0.05) is 32.7 Å². The Hall–Kier alpha value is -1.32. The van der Waals surface area contributed by atoms with Crippen molar-refractivity contribution < 1.29 is 54.8 Å². The molecular weight excluding hydrogens is 304 g/mol. The molecule has 0 aliphatic heterocycles. The number of carboxylic acid groups (broad SMARTS) is 2. The molecule has 0 aromatic rings. The molecule has 0 saturated heterocycles. The van der Waals surface area contributed by atoms with E-state index in [9.17, 15) is 0 Å². The highest BCUT2D eigenvalue weighted by molar-refractivity contribution is 7.79. The van der Waals surface area contributed by atoms with Gasteiger partial charge in [-0.25, -0.2) is 0 Å². The molecule has 112 valence electrons. The number of rotatable bonds is 0. The summed E-state index contributed by atoms with van der Waals surface area (Å²) in [7, 11) is -10.3. The molecule has 12 nitrogen and oxygen atoms in total. The van der Waals surface area contributed by atoms with Crippen LogP contribution in [0.3, 0.4) is 0 Å². The van der Waals surface area contributed by atoms with Gasteiger partial charge in [-0.05, 0) is 13.8 Å². The smallest absolute Gasteiger partial charge is 0.0383 e. The van der Waals surface area contributed by atoms with Crippen LogP contribution in [0.4, 0.5) is 0 Å². The fourth-order valence-corrected chi connectivity index (χ4v) is 0. The van der Waals surface area contributed by atoms with Gasteiger partial charge in [0.05, 0.1) is 0 Å². The summed E-state index contributed by atoms with van der Waals surface area (Å²) < 4.78 is 68.2. The molecule has 0 spiro atoms. The highest BCUT2D eigenvalue weighted by Crippen LogP contribution is 1.58. The first-order chi connectivity index (χ1) is 7.46. The second-order valence-corrected chi connectivity index (χ2v) is 3.43. The fraction of sp³-hybridized carbons (Fsp3) is 0.500. The number of carbonyl (C=O) groups is 2. The van der Waals surface area contributed by atoms with E-state index in [1.165, 1.54) is 0 Å². The molecule has 0 aliphatic rings. The zero-order chi connectivity index (χ0) is 16.2. The topological polar surface area (TPSA) is 241 Å². The van der Waals surface area contributed by atoms with Crippen molar-refractivity contribution in [2.45, 2.75) is 13.8 Å². The van der Waals surface area contributed by atoms with Gasteiger partial charge in [-0.1, -0.05) is 0 Å². The maximum atomic E-state index is 8.89. The first-order valence-corrected chi connectivity index (χ1v) is 5.82. The maximum absolute atomic E-state index is 8.89. The van der Waals surface area contributed by atoms with E-state index in [1.807, 2.05) is 0 Å². The van der Waals surface area contributed by atoms with E-state index in [2.05, 4.69) is 0 Å². The van der Waals surface area contributed by atoms with Crippen molar-refractivity contribution in [3.8, 4) is 0 Å². The van der Waals surface area contributed by atoms with Crippen LogP contribution in [0.1, 0.15) is 13.8 Å². The molecule has 0 heterocycles. The molecule has 14 heteroatoms. The molecular formula is C4H6O12S2-6. The lowest BCUT2D eigenvalue weighted by molar-refractivity contribution is -0.303. The predicted molar refractivity (Wildman–Crippen MR) is 42.3 cm³/mol. The standard InChI is InChI=1S/2C2H4O2.2H2O4S/c2*1-2(3)4;2*1-5(2,3)4/h2*1H3,(H,3,4);2*(H2,1,2,3,4)/p-6. The van der Waals surface area contributed by atoms with E-state index in [0.29, 0.717) is 0 Å². The average Bonchev–Trinajstić information content (AvgIpc) is 1.70. The molecule has 0 amide bonds. The van der Waals surface area contributed by atoms with E-state index in [1.54, 1.807) is 0 Å². The summed E-state index contributed by atoms with van der Waals surface area (Å²) in [4.78, 5) is 17.8. The van der Waals surface area contributed by atoms with Gasteiger partial charge in [0.1, 0.15) is 0 Å². The van der Waals surface area contributed by atoms with Crippen LogP contribution in [-0.4, -0.2) is 47.0 Å². The minimum absolute atomic E-state index is 0.972. The predicted octanol–water partition coefficient (Wildman–Crippen LogP) is -5.16. The Morgan fingerprint density at radius 2 is 0.667 bits per heavy atom. The minimum Gasteiger partial charge on any atom is -0.759 e. The van der Waals surface area contributed by atoms with Gasteiger partial charge in [-0.3, -0.25) is 16.8 Å². The lowest BCUT2D eigenvalue weighted by Crippen LogP contribution is -2.16. The second-order valence-electron chi connectivity index (χ2n) is 1.80. The summed E-state index contributed by atoms with van der Waals surface area (Å²) in [5.41, 5.74) is 0. The van der Waals surface area contributed by atoms with Gasteiger partial charge >= 0.3 is 0 Å². The van der Waals surface area contributed by atoms with Crippen molar-refractivity contribution in [2.75, 3.05) is 0 Å². The Morgan fingerprint density at radius 3 is 0.667 bits per heavy atom. The zero-order valence-electron chi connectivity index (χ0n) is 8.72. The van der Waals surface area contributed by atoms with Crippen LogP contribution in [0.25, 0.3) is 0 Å². The molecule has 0 saturated carbocycles. The fourth-order valence-electron chi connectivity index (χ4n) is 0. The largest absolute Gasteiger partial charge is 0.759 e. The van der Waals surface area contributed by atoms with Crippen LogP contribution >= 0.6 is 0 Å². The number of carboxylic acids is 2. The Bertz CT molecular complexity index is 349. The highest BCUT2D eigenvalue weighted by Gasteiger charge is 1.50. The third-order valence-corrected chi connectivity index (χ3v) is 0. The third kappa shape index (κ3) is 1580. The van der Waals surface area contributed by atoms with Crippen LogP contribution in [0.15, 0.2) is 0 Å².